The van der Waals surface area contributed by atoms with E-state index in [2.05, 4.69) is 36.2 Å². The molecule has 0 aliphatic carbocycles. The Morgan fingerprint density at radius 3 is 2.23 bits per heavy atom. The van der Waals surface area contributed by atoms with Crippen LogP contribution >= 0.6 is 0 Å². The predicted octanol–water partition coefficient (Wildman–Crippen LogP) is 4.10. The van der Waals surface area contributed by atoms with Crippen LogP contribution in [-0.4, -0.2) is 43.3 Å². The highest BCUT2D eigenvalue weighted by Crippen LogP contribution is 2.24. The van der Waals surface area contributed by atoms with E-state index in [1.807, 2.05) is 42.5 Å². The van der Waals surface area contributed by atoms with Crippen molar-refractivity contribution in [1.29, 1.82) is 0 Å². The SMILES string of the molecule is COc1ccc(C(=O)C2CCN(CC(=O)N[C@H](c3ccccc3)C(C)C)CC2)cc1. The fourth-order valence-electron chi connectivity index (χ4n) is 4.06. The molecule has 2 aromatic rings. The minimum atomic E-state index is 0.00730. The number of rotatable bonds is 8. The van der Waals surface area contributed by atoms with E-state index in [4.69, 9.17) is 4.74 Å². The first kappa shape index (κ1) is 22.0. The van der Waals surface area contributed by atoms with Gasteiger partial charge in [0.2, 0.25) is 5.91 Å². The smallest absolute Gasteiger partial charge is 0.234 e. The highest BCUT2D eigenvalue weighted by molar-refractivity contribution is 5.98. The van der Waals surface area contributed by atoms with Crippen LogP contribution in [0, 0.1) is 11.8 Å². The van der Waals surface area contributed by atoms with Crippen molar-refractivity contribution in [3.05, 3.63) is 65.7 Å². The van der Waals surface area contributed by atoms with Gasteiger partial charge >= 0.3 is 0 Å². The Bertz CT molecular complexity index is 825. The number of piperidine rings is 1. The van der Waals surface area contributed by atoms with Gasteiger partial charge in [0.25, 0.3) is 0 Å². The molecular formula is C25H32N2O3. The van der Waals surface area contributed by atoms with E-state index in [1.165, 1.54) is 0 Å². The molecule has 1 N–H and O–H groups in total. The largest absolute Gasteiger partial charge is 0.497 e. The number of ether oxygens (including phenoxy) is 1. The number of ketones is 1. The van der Waals surface area contributed by atoms with E-state index in [0.717, 1.165) is 42.8 Å². The van der Waals surface area contributed by atoms with Crippen LogP contribution in [0.4, 0.5) is 0 Å². The molecule has 160 valence electrons. The van der Waals surface area contributed by atoms with Gasteiger partial charge in [0, 0.05) is 11.5 Å². The first-order valence-corrected chi connectivity index (χ1v) is 10.7. The summed E-state index contributed by atoms with van der Waals surface area (Å²) in [6.45, 7) is 6.14. The van der Waals surface area contributed by atoms with E-state index >= 15 is 0 Å². The van der Waals surface area contributed by atoms with Crippen molar-refractivity contribution in [2.75, 3.05) is 26.7 Å². The number of carbonyl (C=O) groups is 2. The van der Waals surface area contributed by atoms with Crippen LogP contribution in [0.3, 0.4) is 0 Å². The molecule has 0 bridgehead atoms. The number of hydrogen-bond acceptors (Lipinski definition) is 4. The van der Waals surface area contributed by atoms with Crippen LogP contribution in [0.15, 0.2) is 54.6 Å². The number of carbonyl (C=O) groups excluding carboxylic acids is 2. The van der Waals surface area contributed by atoms with Gasteiger partial charge < -0.3 is 10.1 Å². The second-order valence-corrected chi connectivity index (χ2v) is 8.34. The van der Waals surface area contributed by atoms with Gasteiger partial charge in [0.05, 0.1) is 19.7 Å². The molecule has 2 aromatic carbocycles. The Labute approximate surface area is 179 Å². The molecule has 0 aromatic heterocycles. The summed E-state index contributed by atoms with van der Waals surface area (Å²) in [4.78, 5) is 27.6. The van der Waals surface area contributed by atoms with Gasteiger partial charge in [-0.15, -0.1) is 0 Å². The van der Waals surface area contributed by atoms with E-state index < -0.39 is 0 Å². The lowest BCUT2D eigenvalue weighted by atomic mass is 9.89. The van der Waals surface area contributed by atoms with E-state index in [0.29, 0.717) is 12.5 Å². The standard InChI is InChI=1S/C25H32N2O3/c1-18(2)24(19-7-5-4-6-8-19)26-23(28)17-27-15-13-21(14-16-27)25(29)20-9-11-22(30-3)12-10-20/h4-12,18,21,24H,13-17H2,1-3H3,(H,26,28)/t24-/m0/s1. The number of benzene rings is 2. The van der Waals surface area contributed by atoms with Gasteiger partial charge in [-0.05, 0) is 61.7 Å². The lowest BCUT2D eigenvalue weighted by molar-refractivity contribution is -0.123. The normalized spacial score (nSPS) is 16.3. The predicted molar refractivity (Wildman–Crippen MR) is 119 cm³/mol. The molecule has 0 saturated carbocycles. The zero-order chi connectivity index (χ0) is 21.5. The number of likely N-dealkylation sites (tertiary alicyclic amines) is 1. The van der Waals surface area contributed by atoms with E-state index in [-0.39, 0.29) is 23.7 Å². The van der Waals surface area contributed by atoms with Gasteiger partial charge in [0.1, 0.15) is 5.75 Å². The third kappa shape index (κ3) is 5.70. The van der Waals surface area contributed by atoms with Crippen molar-refractivity contribution in [2.45, 2.75) is 32.7 Å². The molecule has 30 heavy (non-hydrogen) atoms. The number of nitrogens with one attached hydrogen (secondary N) is 1. The van der Waals surface area contributed by atoms with E-state index in [1.54, 1.807) is 7.11 Å². The topological polar surface area (TPSA) is 58.6 Å². The van der Waals surface area contributed by atoms with Crippen molar-refractivity contribution in [3.63, 3.8) is 0 Å². The van der Waals surface area contributed by atoms with Crippen molar-refractivity contribution >= 4 is 11.7 Å². The minimum absolute atomic E-state index is 0.00730. The average molecular weight is 409 g/mol. The lowest BCUT2D eigenvalue weighted by Crippen LogP contribution is -2.44. The lowest BCUT2D eigenvalue weighted by Gasteiger charge is -2.31. The molecule has 1 fully saturated rings. The van der Waals surface area contributed by atoms with Crippen LogP contribution in [0.25, 0.3) is 0 Å². The maximum Gasteiger partial charge on any atom is 0.234 e. The molecule has 0 spiro atoms. The first-order valence-electron chi connectivity index (χ1n) is 10.7. The molecule has 1 aliphatic rings. The molecule has 1 atom stereocenters. The molecule has 5 heteroatoms. The number of amides is 1. The van der Waals surface area contributed by atoms with Gasteiger partial charge in [-0.1, -0.05) is 44.2 Å². The van der Waals surface area contributed by atoms with Crippen LogP contribution < -0.4 is 10.1 Å². The zero-order valence-corrected chi connectivity index (χ0v) is 18.1. The van der Waals surface area contributed by atoms with E-state index in [9.17, 15) is 9.59 Å². The van der Waals surface area contributed by atoms with Crippen LogP contribution in [0.2, 0.25) is 0 Å². The van der Waals surface area contributed by atoms with Gasteiger partial charge in [-0.3, -0.25) is 14.5 Å². The minimum Gasteiger partial charge on any atom is -0.497 e. The maximum absolute atomic E-state index is 12.8. The highest BCUT2D eigenvalue weighted by Gasteiger charge is 2.27. The molecule has 0 unspecified atom stereocenters. The second kappa shape index (κ2) is 10.4. The number of Topliss-reactive ketones (excluding diaryl/α,β-unsaturated/α-hetero) is 1. The first-order chi connectivity index (χ1) is 14.5. The fourth-order valence-corrected chi connectivity index (χ4v) is 4.06. The molecule has 5 nitrogen and oxygen atoms in total. The Hall–Kier alpha value is -2.66. The molecule has 1 aliphatic heterocycles. The summed E-state index contributed by atoms with van der Waals surface area (Å²) in [6, 6.07) is 17.4. The Kier molecular flexibility index (Phi) is 7.63. The van der Waals surface area contributed by atoms with Gasteiger partial charge in [0.15, 0.2) is 5.78 Å². The molecule has 1 saturated heterocycles. The monoisotopic (exact) mass is 408 g/mol. The quantitative estimate of drug-likeness (QED) is 0.668. The number of methoxy groups -OCH3 is 1. The summed E-state index contributed by atoms with van der Waals surface area (Å²) in [5.41, 5.74) is 1.86. The molecule has 3 rings (SSSR count). The summed E-state index contributed by atoms with van der Waals surface area (Å²) in [5.74, 6) is 1.31. The summed E-state index contributed by atoms with van der Waals surface area (Å²) >= 11 is 0. The van der Waals surface area contributed by atoms with Crippen molar-refractivity contribution < 1.29 is 14.3 Å². The van der Waals surface area contributed by atoms with Crippen LogP contribution in [0.1, 0.15) is 48.7 Å². The molecule has 0 radical (unpaired) electrons. The van der Waals surface area contributed by atoms with Gasteiger partial charge in [-0.2, -0.15) is 0 Å². The van der Waals surface area contributed by atoms with Crippen molar-refractivity contribution in [3.8, 4) is 5.75 Å². The average Bonchev–Trinajstić information content (AvgIpc) is 2.78. The highest BCUT2D eigenvalue weighted by atomic mass is 16.5. The van der Waals surface area contributed by atoms with Crippen molar-refractivity contribution in [1.82, 2.24) is 10.2 Å². The maximum atomic E-state index is 12.8. The molecule has 1 heterocycles. The van der Waals surface area contributed by atoms with Gasteiger partial charge in [-0.25, -0.2) is 0 Å². The Balaban J connectivity index is 1.50. The fraction of sp³-hybridized carbons (Fsp3) is 0.440. The number of hydrogen-bond donors (Lipinski definition) is 1. The second-order valence-electron chi connectivity index (χ2n) is 8.34. The molecule has 1 amide bonds. The van der Waals surface area contributed by atoms with Crippen molar-refractivity contribution in [2.24, 2.45) is 11.8 Å². The summed E-state index contributed by atoms with van der Waals surface area (Å²) in [7, 11) is 1.62. The number of nitrogens with zero attached hydrogens (tertiary/aromatic N) is 1. The molecular weight excluding hydrogens is 376 g/mol. The summed E-state index contributed by atoms with van der Waals surface area (Å²) in [5, 5.41) is 3.19. The van der Waals surface area contributed by atoms with Crippen LogP contribution in [-0.2, 0) is 4.79 Å². The Morgan fingerprint density at radius 2 is 1.67 bits per heavy atom. The summed E-state index contributed by atoms with van der Waals surface area (Å²) in [6.07, 6.45) is 1.56. The summed E-state index contributed by atoms with van der Waals surface area (Å²) < 4.78 is 5.16. The Morgan fingerprint density at radius 1 is 1.03 bits per heavy atom. The third-order valence-electron chi connectivity index (χ3n) is 5.84. The van der Waals surface area contributed by atoms with Crippen LogP contribution in [0.5, 0.6) is 5.75 Å². The third-order valence-corrected chi connectivity index (χ3v) is 5.84. The zero-order valence-electron chi connectivity index (χ0n) is 18.1.